The highest BCUT2D eigenvalue weighted by Gasteiger charge is 2.20. The van der Waals surface area contributed by atoms with Crippen molar-refractivity contribution in [3.63, 3.8) is 0 Å². The van der Waals surface area contributed by atoms with Crippen molar-refractivity contribution in [1.29, 1.82) is 5.41 Å². The quantitative estimate of drug-likeness (QED) is 0.629. The minimum absolute atomic E-state index is 0.0922. The smallest absolute Gasteiger partial charge is 0.123 e. The van der Waals surface area contributed by atoms with Gasteiger partial charge in [0.1, 0.15) is 11.7 Å². The number of benzene rings is 1. The highest BCUT2D eigenvalue weighted by molar-refractivity contribution is 5.96. The van der Waals surface area contributed by atoms with Crippen LogP contribution in [-0.2, 0) is 11.3 Å². The van der Waals surface area contributed by atoms with Crippen molar-refractivity contribution in [3.8, 4) is 0 Å². The van der Waals surface area contributed by atoms with Gasteiger partial charge in [0, 0.05) is 24.7 Å². The first-order chi connectivity index (χ1) is 8.58. The normalized spacial score (nSPS) is 20.9. The van der Waals surface area contributed by atoms with Gasteiger partial charge in [-0.25, -0.2) is 4.39 Å². The molecule has 98 valence electrons. The summed E-state index contributed by atoms with van der Waals surface area (Å²) in [6, 6.07) is 4.76. The van der Waals surface area contributed by atoms with Crippen LogP contribution < -0.4 is 5.73 Å². The summed E-state index contributed by atoms with van der Waals surface area (Å²) < 4.78 is 18.6. The van der Waals surface area contributed by atoms with E-state index >= 15 is 0 Å². The van der Waals surface area contributed by atoms with Gasteiger partial charge >= 0.3 is 0 Å². The summed E-state index contributed by atoms with van der Waals surface area (Å²) >= 11 is 0. The first-order valence-corrected chi connectivity index (χ1v) is 6.02. The molecule has 0 amide bonds. The maximum atomic E-state index is 13.2. The van der Waals surface area contributed by atoms with Gasteiger partial charge in [-0.05, 0) is 24.6 Å². The average Bonchev–Trinajstić information content (AvgIpc) is 2.34. The molecule has 1 fully saturated rings. The molecule has 18 heavy (non-hydrogen) atoms. The average molecular weight is 251 g/mol. The third-order valence-electron chi connectivity index (χ3n) is 3.24. The van der Waals surface area contributed by atoms with Crippen LogP contribution in [0.4, 0.5) is 4.39 Å². The molecule has 1 atom stereocenters. The van der Waals surface area contributed by atoms with Crippen LogP contribution in [0.15, 0.2) is 18.2 Å². The monoisotopic (exact) mass is 251 g/mol. The molecule has 0 aromatic heterocycles. The molecule has 0 bridgehead atoms. The predicted molar refractivity (Wildman–Crippen MR) is 68.1 cm³/mol. The van der Waals surface area contributed by atoms with E-state index < -0.39 is 0 Å². The van der Waals surface area contributed by atoms with E-state index in [9.17, 15) is 4.39 Å². The summed E-state index contributed by atoms with van der Waals surface area (Å²) in [5.41, 5.74) is 6.86. The van der Waals surface area contributed by atoms with Crippen molar-refractivity contribution in [2.75, 3.05) is 19.8 Å². The van der Waals surface area contributed by atoms with E-state index in [1.165, 1.54) is 12.1 Å². The zero-order valence-electron chi connectivity index (χ0n) is 10.4. The van der Waals surface area contributed by atoms with Crippen molar-refractivity contribution in [3.05, 3.63) is 35.1 Å². The molecule has 1 unspecified atom stereocenters. The van der Waals surface area contributed by atoms with Gasteiger partial charge < -0.3 is 10.5 Å². The second-order valence-electron chi connectivity index (χ2n) is 4.61. The van der Waals surface area contributed by atoms with Gasteiger partial charge in [-0.15, -0.1) is 0 Å². The fourth-order valence-corrected chi connectivity index (χ4v) is 2.15. The lowest BCUT2D eigenvalue weighted by Gasteiger charge is -2.33. The Hall–Kier alpha value is -1.46. The number of halogens is 1. The Kier molecular flexibility index (Phi) is 3.93. The number of nitrogens with zero attached hydrogens (tertiary/aromatic N) is 1. The van der Waals surface area contributed by atoms with E-state index in [0.717, 1.165) is 12.1 Å². The number of amidine groups is 1. The molecule has 3 N–H and O–H groups in total. The molecule has 1 aliphatic rings. The first-order valence-electron chi connectivity index (χ1n) is 6.02. The van der Waals surface area contributed by atoms with Gasteiger partial charge in [-0.2, -0.15) is 0 Å². The van der Waals surface area contributed by atoms with Crippen LogP contribution >= 0.6 is 0 Å². The van der Waals surface area contributed by atoms with E-state index in [4.69, 9.17) is 15.9 Å². The summed E-state index contributed by atoms with van der Waals surface area (Å²) in [6.07, 6.45) is 0. The van der Waals surface area contributed by atoms with Crippen LogP contribution in [0.1, 0.15) is 18.1 Å². The van der Waals surface area contributed by atoms with E-state index in [-0.39, 0.29) is 11.7 Å². The van der Waals surface area contributed by atoms with Crippen LogP contribution in [-0.4, -0.2) is 36.5 Å². The highest BCUT2D eigenvalue weighted by atomic mass is 19.1. The first kappa shape index (κ1) is 13.0. The van der Waals surface area contributed by atoms with Gasteiger partial charge in [-0.1, -0.05) is 6.07 Å². The van der Waals surface area contributed by atoms with Crippen LogP contribution in [0.25, 0.3) is 0 Å². The molecule has 1 heterocycles. The van der Waals surface area contributed by atoms with Crippen LogP contribution in [0, 0.1) is 11.2 Å². The second kappa shape index (κ2) is 5.46. The predicted octanol–water partition coefficient (Wildman–Crippen LogP) is 1.33. The third-order valence-corrected chi connectivity index (χ3v) is 3.24. The summed E-state index contributed by atoms with van der Waals surface area (Å²) in [5, 5.41) is 7.51. The Labute approximate surface area is 106 Å². The number of hydrogen-bond acceptors (Lipinski definition) is 3. The molecule has 4 nitrogen and oxygen atoms in total. The van der Waals surface area contributed by atoms with Crippen LogP contribution in [0.2, 0.25) is 0 Å². The van der Waals surface area contributed by atoms with Crippen molar-refractivity contribution < 1.29 is 9.13 Å². The molecule has 1 aromatic carbocycles. The van der Waals surface area contributed by atoms with Crippen molar-refractivity contribution >= 4 is 5.84 Å². The van der Waals surface area contributed by atoms with Crippen LogP contribution in [0.3, 0.4) is 0 Å². The molecule has 0 radical (unpaired) electrons. The maximum Gasteiger partial charge on any atom is 0.123 e. The molecule has 1 aromatic rings. The zero-order chi connectivity index (χ0) is 13.1. The van der Waals surface area contributed by atoms with Gasteiger partial charge in [0.05, 0.1) is 13.2 Å². The van der Waals surface area contributed by atoms with E-state index in [2.05, 4.69) is 11.8 Å². The molecule has 0 aliphatic carbocycles. The van der Waals surface area contributed by atoms with Gasteiger partial charge in [0.25, 0.3) is 0 Å². The molecular formula is C13H18FN3O. The van der Waals surface area contributed by atoms with Crippen molar-refractivity contribution in [2.24, 2.45) is 5.73 Å². The molecule has 0 saturated carbocycles. The van der Waals surface area contributed by atoms with Crippen LogP contribution in [0.5, 0.6) is 0 Å². The molecule has 2 rings (SSSR count). The summed E-state index contributed by atoms with van der Waals surface area (Å²) in [7, 11) is 0. The van der Waals surface area contributed by atoms with Crippen molar-refractivity contribution in [2.45, 2.75) is 19.5 Å². The lowest BCUT2D eigenvalue weighted by atomic mass is 10.0. The maximum absolute atomic E-state index is 13.2. The molecule has 1 aliphatic heterocycles. The zero-order valence-corrected chi connectivity index (χ0v) is 10.4. The Bertz CT molecular complexity index is 450. The van der Waals surface area contributed by atoms with Gasteiger partial charge in [0.2, 0.25) is 0 Å². The Balaban J connectivity index is 2.20. The summed E-state index contributed by atoms with van der Waals surface area (Å²) in [4.78, 5) is 2.25. The lowest BCUT2D eigenvalue weighted by Crippen LogP contribution is -2.43. The van der Waals surface area contributed by atoms with Gasteiger partial charge in [-0.3, -0.25) is 10.3 Å². The lowest BCUT2D eigenvalue weighted by molar-refractivity contribution is -0.00439. The fraction of sp³-hybridized carbons (Fsp3) is 0.462. The molecule has 5 heteroatoms. The number of nitrogens with two attached hydrogens (primary N) is 1. The van der Waals surface area contributed by atoms with E-state index in [0.29, 0.717) is 31.4 Å². The highest BCUT2D eigenvalue weighted by Crippen LogP contribution is 2.16. The summed E-state index contributed by atoms with van der Waals surface area (Å²) in [6.45, 7) is 5.02. The topological polar surface area (TPSA) is 62.3 Å². The fourth-order valence-electron chi connectivity index (χ4n) is 2.15. The Morgan fingerprint density at radius 1 is 1.61 bits per heavy atom. The number of nitrogen functional groups attached to an aromatic ring is 1. The number of ether oxygens (including phenoxy) is 1. The molecule has 0 spiro atoms. The second-order valence-corrected chi connectivity index (χ2v) is 4.61. The molecule has 1 saturated heterocycles. The Morgan fingerprint density at radius 2 is 2.39 bits per heavy atom. The standard InChI is InChI=1S/C13H18FN3O/c1-9-8-18-5-4-17(9)7-10-2-3-11(14)6-12(10)13(15)16/h2-3,6,9H,4-5,7-8H2,1H3,(H3,15,16). The number of hydrogen-bond donors (Lipinski definition) is 2. The number of morpholine rings is 1. The van der Waals surface area contributed by atoms with E-state index in [1.54, 1.807) is 6.07 Å². The SMILES string of the molecule is CC1COCCN1Cc1ccc(F)cc1C(=N)N. The Morgan fingerprint density at radius 3 is 3.06 bits per heavy atom. The summed E-state index contributed by atoms with van der Waals surface area (Å²) in [5.74, 6) is -0.454. The number of nitrogens with one attached hydrogen (secondary N) is 1. The minimum Gasteiger partial charge on any atom is -0.384 e. The van der Waals surface area contributed by atoms with Gasteiger partial charge in [0.15, 0.2) is 0 Å². The number of rotatable bonds is 3. The minimum atomic E-state index is -0.362. The van der Waals surface area contributed by atoms with E-state index in [1.807, 2.05) is 0 Å². The third kappa shape index (κ3) is 2.86. The van der Waals surface area contributed by atoms with Crippen molar-refractivity contribution in [1.82, 2.24) is 4.90 Å². The molecular weight excluding hydrogens is 233 g/mol. The largest absolute Gasteiger partial charge is 0.384 e.